The number of carbonyl (C=O) groups is 2. The average Bonchev–Trinajstić information content (AvgIpc) is 2.47. The molecule has 1 aliphatic heterocycles. The Hall–Kier alpha value is -1.73. The number of hydrogen-bond donors (Lipinski definition) is 1. The summed E-state index contributed by atoms with van der Waals surface area (Å²) < 4.78 is 4.55. The molecule has 1 aliphatic rings. The Bertz CT molecular complexity index is 516. The van der Waals surface area contributed by atoms with Gasteiger partial charge in [-0.1, -0.05) is 11.6 Å². The molecule has 0 unspecified atom stereocenters. The lowest BCUT2D eigenvalue weighted by molar-refractivity contribution is -0.138. The number of nitrogens with zero attached hydrogens (tertiary/aromatic N) is 3. The van der Waals surface area contributed by atoms with E-state index in [1.807, 2.05) is 27.7 Å². The quantitative estimate of drug-likeness (QED) is 0.820. The number of rotatable bonds is 2. The number of carbonyl (C=O) groups excluding carboxylic acids is 2. The van der Waals surface area contributed by atoms with Gasteiger partial charge in [0, 0.05) is 25.7 Å². The molecular formula is C15H23ClN4O3. The van der Waals surface area contributed by atoms with Crippen molar-refractivity contribution in [2.45, 2.75) is 39.3 Å². The SMILES string of the molecule is CC(C)(C)OC=O.C[C@@H]1CN(C(=O)c2cnc(Cl)cn2)CCN1. The predicted octanol–water partition coefficient (Wildman–Crippen LogP) is 1.52. The number of hydrogen-bond acceptors (Lipinski definition) is 6. The van der Waals surface area contributed by atoms with Gasteiger partial charge in [0.1, 0.15) is 16.4 Å². The van der Waals surface area contributed by atoms with Gasteiger partial charge in [-0.2, -0.15) is 0 Å². The largest absolute Gasteiger partial charge is 0.462 e. The molecule has 128 valence electrons. The highest BCUT2D eigenvalue weighted by molar-refractivity contribution is 6.29. The summed E-state index contributed by atoms with van der Waals surface area (Å²) in [6, 6.07) is 0.318. The second kappa shape index (κ2) is 8.79. The van der Waals surface area contributed by atoms with Gasteiger partial charge in [0.2, 0.25) is 0 Å². The summed E-state index contributed by atoms with van der Waals surface area (Å²) in [7, 11) is 0. The van der Waals surface area contributed by atoms with E-state index in [4.69, 9.17) is 11.6 Å². The van der Waals surface area contributed by atoms with Crippen LogP contribution in [-0.4, -0.2) is 58.5 Å². The first-order valence-electron chi connectivity index (χ1n) is 7.34. The van der Waals surface area contributed by atoms with Crippen LogP contribution < -0.4 is 5.32 Å². The van der Waals surface area contributed by atoms with Gasteiger partial charge in [-0.3, -0.25) is 9.59 Å². The van der Waals surface area contributed by atoms with Crippen molar-refractivity contribution >= 4 is 24.0 Å². The van der Waals surface area contributed by atoms with Gasteiger partial charge in [0.25, 0.3) is 12.4 Å². The van der Waals surface area contributed by atoms with Gasteiger partial charge in [-0.15, -0.1) is 0 Å². The van der Waals surface area contributed by atoms with E-state index in [1.165, 1.54) is 12.4 Å². The third-order valence-electron chi connectivity index (χ3n) is 2.90. The molecule has 0 spiro atoms. The van der Waals surface area contributed by atoms with E-state index in [1.54, 1.807) is 4.90 Å². The van der Waals surface area contributed by atoms with Crippen molar-refractivity contribution < 1.29 is 14.3 Å². The summed E-state index contributed by atoms with van der Waals surface area (Å²) in [6.07, 6.45) is 2.80. The average molecular weight is 343 g/mol. The monoisotopic (exact) mass is 342 g/mol. The zero-order valence-corrected chi connectivity index (χ0v) is 14.6. The summed E-state index contributed by atoms with van der Waals surface area (Å²) in [4.78, 5) is 31.2. The minimum atomic E-state index is -0.318. The molecule has 0 radical (unpaired) electrons. The minimum Gasteiger partial charge on any atom is -0.462 e. The molecule has 1 fully saturated rings. The van der Waals surface area contributed by atoms with Gasteiger partial charge in [0.15, 0.2) is 0 Å². The molecule has 1 aromatic rings. The topological polar surface area (TPSA) is 84.4 Å². The fourth-order valence-corrected chi connectivity index (χ4v) is 1.94. The van der Waals surface area contributed by atoms with Crippen LogP contribution >= 0.6 is 11.6 Å². The maximum Gasteiger partial charge on any atom is 0.293 e. The molecule has 0 saturated carbocycles. The molecule has 1 atom stereocenters. The number of piperazine rings is 1. The highest BCUT2D eigenvalue weighted by Crippen LogP contribution is 2.07. The van der Waals surface area contributed by atoms with Crippen molar-refractivity contribution in [1.82, 2.24) is 20.2 Å². The molecule has 1 saturated heterocycles. The van der Waals surface area contributed by atoms with E-state index in [2.05, 4.69) is 20.0 Å². The Kier molecular flexibility index (Phi) is 7.38. The molecule has 1 amide bonds. The number of aromatic nitrogens is 2. The van der Waals surface area contributed by atoms with Crippen LogP contribution in [0.2, 0.25) is 5.15 Å². The van der Waals surface area contributed by atoms with Crippen molar-refractivity contribution in [3.05, 3.63) is 23.2 Å². The fraction of sp³-hybridized carbons (Fsp3) is 0.600. The normalized spacial score (nSPS) is 17.8. The first-order valence-corrected chi connectivity index (χ1v) is 7.72. The van der Waals surface area contributed by atoms with E-state index >= 15 is 0 Å². The van der Waals surface area contributed by atoms with Crippen LogP contribution in [0.3, 0.4) is 0 Å². The Morgan fingerprint density at radius 1 is 1.43 bits per heavy atom. The summed E-state index contributed by atoms with van der Waals surface area (Å²) in [5, 5.41) is 3.57. The number of nitrogens with one attached hydrogen (secondary N) is 1. The van der Waals surface area contributed by atoms with Crippen molar-refractivity contribution in [2.24, 2.45) is 0 Å². The summed E-state index contributed by atoms with van der Waals surface area (Å²) >= 11 is 5.62. The van der Waals surface area contributed by atoms with Crippen molar-refractivity contribution in [1.29, 1.82) is 0 Å². The summed E-state index contributed by atoms with van der Waals surface area (Å²) in [5.74, 6) is -0.0856. The van der Waals surface area contributed by atoms with E-state index < -0.39 is 0 Å². The van der Waals surface area contributed by atoms with Crippen molar-refractivity contribution in [3.63, 3.8) is 0 Å². The van der Waals surface area contributed by atoms with Crippen molar-refractivity contribution in [2.75, 3.05) is 19.6 Å². The fourth-order valence-electron chi connectivity index (χ4n) is 1.85. The maximum absolute atomic E-state index is 12.0. The first-order chi connectivity index (χ1) is 10.7. The van der Waals surface area contributed by atoms with Crippen LogP contribution in [0.1, 0.15) is 38.2 Å². The lowest BCUT2D eigenvalue weighted by Gasteiger charge is -2.31. The highest BCUT2D eigenvalue weighted by Gasteiger charge is 2.22. The Morgan fingerprint density at radius 3 is 2.57 bits per heavy atom. The Labute approximate surface area is 141 Å². The van der Waals surface area contributed by atoms with E-state index in [0.717, 1.165) is 6.54 Å². The summed E-state index contributed by atoms with van der Waals surface area (Å²) in [6.45, 7) is 10.2. The third-order valence-corrected chi connectivity index (χ3v) is 3.09. The first kappa shape index (κ1) is 19.3. The van der Waals surface area contributed by atoms with Crippen LogP contribution in [0, 0.1) is 0 Å². The molecule has 1 aromatic heterocycles. The zero-order chi connectivity index (χ0) is 17.5. The molecule has 2 rings (SSSR count). The predicted molar refractivity (Wildman–Crippen MR) is 87.3 cm³/mol. The molecule has 23 heavy (non-hydrogen) atoms. The molecule has 1 N–H and O–H groups in total. The van der Waals surface area contributed by atoms with Gasteiger partial charge in [0.05, 0.1) is 12.4 Å². The Balaban J connectivity index is 0.000000322. The van der Waals surface area contributed by atoms with Gasteiger partial charge < -0.3 is 15.0 Å². The zero-order valence-electron chi connectivity index (χ0n) is 13.9. The standard InChI is InChI=1S/C10H13ClN4O.C5H10O2/c1-7-6-15(3-2-12-7)10(16)8-4-14-9(11)5-13-8;1-5(2,3)7-4-6/h4-5,7,12H,2-3,6H2,1H3;4H,1-3H3/t7-;/m1./s1. The number of amides is 1. The van der Waals surface area contributed by atoms with Crippen LogP contribution in [0.5, 0.6) is 0 Å². The van der Waals surface area contributed by atoms with E-state index in [-0.39, 0.29) is 11.5 Å². The molecule has 0 aromatic carbocycles. The minimum absolute atomic E-state index is 0.0856. The lowest BCUT2D eigenvalue weighted by Crippen LogP contribution is -2.51. The lowest BCUT2D eigenvalue weighted by atomic mass is 10.2. The van der Waals surface area contributed by atoms with Crippen LogP contribution in [0.15, 0.2) is 12.4 Å². The van der Waals surface area contributed by atoms with Crippen LogP contribution in [0.4, 0.5) is 0 Å². The molecule has 0 aliphatic carbocycles. The molecule has 2 heterocycles. The van der Waals surface area contributed by atoms with Crippen molar-refractivity contribution in [3.8, 4) is 0 Å². The van der Waals surface area contributed by atoms with Crippen LogP contribution in [-0.2, 0) is 9.53 Å². The second-order valence-electron chi connectivity index (χ2n) is 6.16. The molecule has 0 bridgehead atoms. The smallest absolute Gasteiger partial charge is 0.293 e. The third kappa shape index (κ3) is 7.38. The van der Waals surface area contributed by atoms with Gasteiger partial charge in [-0.05, 0) is 27.7 Å². The molecular weight excluding hydrogens is 320 g/mol. The Morgan fingerprint density at radius 2 is 2.13 bits per heavy atom. The number of ether oxygens (including phenoxy) is 1. The van der Waals surface area contributed by atoms with Crippen LogP contribution in [0.25, 0.3) is 0 Å². The summed E-state index contributed by atoms with van der Waals surface area (Å²) in [5.41, 5.74) is 0.0281. The number of halogens is 1. The van der Waals surface area contributed by atoms with Gasteiger partial charge in [-0.25, -0.2) is 9.97 Å². The second-order valence-corrected chi connectivity index (χ2v) is 6.54. The van der Waals surface area contributed by atoms with Gasteiger partial charge >= 0.3 is 0 Å². The van der Waals surface area contributed by atoms with E-state index in [9.17, 15) is 9.59 Å². The molecule has 7 nitrogen and oxygen atoms in total. The molecule has 8 heteroatoms. The highest BCUT2D eigenvalue weighted by atomic mass is 35.5. The van der Waals surface area contributed by atoms with E-state index in [0.29, 0.717) is 36.5 Å². The maximum atomic E-state index is 12.0.